The van der Waals surface area contributed by atoms with Gasteiger partial charge in [0.15, 0.2) is 6.61 Å². The summed E-state index contributed by atoms with van der Waals surface area (Å²) < 4.78 is 10.0. The van der Waals surface area contributed by atoms with Crippen LogP contribution >= 0.6 is 0 Å². The molecule has 0 saturated heterocycles. The lowest BCUT2D eigenvalue weighted by Gasteiger charge is -2.15. The van der Waals surface area contributed by atoms with E-state index in [0.29, 0.717) is 24.8 Å². The number of carbonyl (C=O) groups excluding carboxylic acids is 2. The molecular weight excluding hydrogens is 378 g/mol. The normalized spacial score (nSPS) is 11.8. The summed E-state index contributed by atoms with van der Waals surface area (Å²) in [5.74, 6) is -0.605. The zero-order valence-electron chi connectivity index (χ0n) is 17.5. The first-order valence-electron chi connectivity index (χ1n) is 9.72. The van der Waals surface area contributed by atoms with Crippen LogP contribution in [0.1, 0.15) is 50.4 Å². The maximum atomic E-state index is 12.4. The van der Waals surface area contributed by atoms with Crippen LogP contribution in [0.25, 0.3) is 0 Å². The average molecular weight is 409 g/mol. The van der Waals surface area contributed by atoms with Crippen molar-refractivity contribution in [2.45, 2.75) is 46.1 Å². The van der Waals surface area contributed by atoms with Gasteiger partial charge in [-0.1, -0.05) is 26.7 Å². The van der Waals surface area contributed by atoms with Gasteiger partial charge in [-0.2, -0.15) is 0 Å². The van der Waals surface area contributed by atoms with Crippen molar-refractivity contribution in [2.24, 2.45) is 5.92 Å². The lowest BCUT2D eigenvalue weighted by molar-refractivity contribution is -0.384. The summed E-state index contributed by atoms with van der Waals surface area (Å²) >= 11 is 0. The van der Waals surface area contributed by atoms with Crippen LogP contribution in [-0.2, 0) is 14.3 Å². The molecule has 29 heavy (non-hydrogen) atoms. The van der Waals surface area contributed by atoms with E-state index in [1.165, 1.54) is 19.2 Å². The number of anilines is 1. The summed E-state index contributed by atoms with van der Waals surface area (Å²) in [6.07, 6.45) is 2.93. The Hall–Kier alpha value is -2.68. The molecule has 0 aliphatic carbocycles. The number of methoxy groups -OCH3 is 1. The molecule has 0 spiro atoms. The van der Waals surface area contributed by atoms with E-state index in [4.69, 9.17) is 9.47 Å². The lowest BCUT2D eigenvalue weighted by atomic mass is 10.0. The number of hydrogen-bond donors (Lipinski definition) is 2. The number of nitro benzene ring substituents is 1. The number of non-ortho nitro benzene ring substituents is 1. The summed E-state index contributed by atoms with van der Waals surface area (Å²) in [5.41, 5.74) is 0.130. The third-order valence-electron chi connectivity index (χ3n) is 4.22. The summed E-state index contributed by atoms with van der Waals surface area (Å²) in [5, 5.41) is 16.8. The molecule has 0 fully saturated rings. The van der Waals surface area contributed by atoms with Crippen LogP contribution in [0.15, 0.2) is 18.2 Å². The number of rotatable bonds is 13. The summed E-state index contributed by atoms with van der Waals surface area (Å²) in [7, 11) is 1.54. The zero-order valence-corrected chi connectivity index (χ0v) is 17.5. The smallest absolute Gasteiger partial charge is 0.341 e. The molecule has 0 heterocycles. The van der Waals surface area contributed by atoms with Crippen molar-refractivity contribution >= 4 is 23.3 Å². The number of nitro groups is 1. The zero-order chi connectivity index (χ0) is 21.8. The highest BCUT2D eigenvalue weighted by atomic mass is 16.6. The van der Waals surface area contributed by atoms with Crippen molar-refractivity contribution in [1.29, 1.82) is 0 Å². The second kappa shape index (κ2) is 12.7. The SMILES string of the molecule is COCCNc1ccc([N+](=O)[O-])cc1C(=O)OCC(=O)NC(C)CCCC(C)C. The highest BCUT2D eigenvalue weighted by Crippen LogP contribution is 2.23. The van der Waals surface area contributed by atoms with Gasteiger partial charge >= 0.3 is 5.97 Å². The molecule has 1 atom stereocenters. The number of nitrogens with one attached hydrogen (secondary N) is 2. The number of nitrogens with zero attached hydrogens (tertiary/aromatic N) is 1. The van der Waals surface area contributed by atoms with Crippen molar-refractivity contribution in [3.8, 4) is 0 Å². The standard InChI is InChI=1S/C20H31N3O6/c1-14(2)6-5-7-15(3)22-19(24)13-29-20(25)17-12-16(23(26)27)8-9-18(17)21-10-11-28-4/h8-9,12,14-15,21H,5-7,10-11,13H2,1-4H3,(H,22,24). The number of amides is 1. The monoisotopic (exact) mass is 409 g/mol. The molecule has 2 N–H and O–H groups in total. The van der Waals surface area contributed by atoms with E-state index in [9.17, 15) is 19.7 Å². The van der Waals surface area contributed by atoms with Gasteiger partial charge in [0.05, 0.1) is 17.1 Å². The first kappa shape index (κ1) is 24.4. The van der Waals surface area contributed by atoms with Gasteiger partial charge in [-0.05, 0) is 25.3 Å². The van der Waals surface area contributed by atoms with Crippen LogP contribution in [0.2, 0.25) is 0 Å². The number of hydrogen-bond acceptors (Lipinski definition) is 7. The van der Waals surface area contributed by atoms with Gasteiger partial charge in [0.25, 0.3) is 11.6 Å². The largest absolute Gasteiger partial charge is 0.452 e. The lowest BCUT2D eigenvalue weighted by Crippen LogP contribution is -2.35. The Labute approximate surface area is 171 Å². The first-order chi connectivity index (χ1) is 13.7. The highest BCUT2D eigenvalue weighted by molar-refractivity contribution is 5.97. The Morgan fingerprint density at radius 2 is 1.93 bits per heavy atom. The van der Waals surface area contributed by atoms with Crippen LogP contribution in [0, 0.1) is 16.0 Å². The van der Waals surface area contributed by atoms with Gasteiger partial charge < -0.3 is 20.1 Å². The van der Waals surface area contributed by atoms with Crippen molar-refractivity contribution in [1.82, 2.24) is 5.32 Å². The first-order valence-corrected chi connectivity index (χ1v) is 9.72. The van der Waals surface area contributed by atoms with E-state index in [0.717, 1.165) is 25.3 Å². The topological polar surface area (TPSA) is 120 Å². The van der Waals surface area contributed by atoms with E-state index in [1.54, 1.807) is 0 Å². The molecule has 9 heteroatoms. The summed E-state index contributed by atoms with van der Waals surface area (Å²) in [4.78, 5) is 34.9. The van der Waals surface area contributed by atoms with Crippen LogP contribution < -0.4 is 10.6 Å². The van der Waals surface area contributed by atoms with Gasteiger partial charge in [0.2, 0.25) is 0 Å². The fourth-order valence-electron chi connectivity index (χ4n) is 2.69. The van der Waals surface area contributed by atoms with E-state index in [-0.39, 0.29) is 17.3 Å². The van der Waals surface area contributed by atoms with Gasteiger partial charge in [0.1, 0.15) is 0 Å². The van der Waals surface area contributed by atoms with Crippen molar-refractivity contribution in [3.05, 3.63) is 33.9 Å². The Balaban J connectivity index is 2.65. The van der Waals surface area contributed by atoms with Crippen LogP contribution in [0.5, 0.6) is 0 Å². The molecular formula is C20H31N3O6. The van der Waals surface area contributed by atoms with Crippen LogP contribution in [-0.4, -0.2) is 49.7 Å². The van der Waals surface area contributed by atoms with Gasteiger partial charge in [0, 0.05) is 37.5 Å². The second-order valence-electron chi connectivity index (χ2n) is 7.28. The van der Waals surface area contributed by atoms with Crippen molar-refractivity contribution < 1.29 is 24.0 Å². The predicted molar refractivity (Wildman–Crippen MR) is 110 cm³/mol. The number of ether oxygens (including phenoxy) is 2. The molecule has 9 nitrogen and oxygen atoms in total. The molecule has 162 valence electrons. The maximum absolute atomic E-state index is 12.4. The fraction of sp³-hybridized carbons (Fsp3) is 0.600. The number of esters is 1. The van der Waals surface area contributed by atoms with Gasteiger partial charge in [-0.25, -0.2) is 4.79 Å². The highest BCUT2D eigenvalue weighted by Gasteiger charge is 2.19. The van der Waals surface area contributed by atoms with Crippen molar-refractivity contribution in [2.75, 3.05) is 32.2 Å². The Bertz CT molecular complexity index is 693. The maximum Gasteiger partial charge on any atom is 0.341 e. The van der Waals surface area contributed by atoms with Gasteiger partial charge in [-0.3, -0.25) is 14.9 Å². The molecule has 1 unspecified atom stereocenters. The van der Waals surface area contributed by atoms with Gasteiger partial charge in [-0.15, -0.1) is 0 Å². The summed E-state index contributed by atoms with van der Waals surface area (Å²) in [6, 6.07) is 3.83. The van der Waals surface area contributed by atoms with E-state index < -0.39 is 23.4 Å². The number of carbonyl (C=O) groups is 2. The molecule has 1 amide bonds. The molecule has 0 saturated carbocycles. The molecule has 1 aromatic rings. The fourth-order valence-corrected chi connectivity index (χ4v) is 2.69. The minimum absolute atomic E-state index is 0.00640. The Morgan fingerprint density at radius 3 is 2.55 bits per heavy atom. The Kier molecular flexibility index (Phi) is 10.7. The molecule has 0 aliphatic rings. The average Bonchev–Trinajstić information content (AvgIpc) is 2.66. The van der Waals surface area contributed by atoms with E-state index in [1.807, 2.05) is 6.92 Å². The Morgan fingerprint density at radius 1 is 1.21 bits per heavy atom. The molecule has 0 bridgehead atoms. The van der Waals surface area contributed by atoms with Crippen molar-refractivity contribution in [3.63, 3.8) is 0 Å². The molecule has 1 aromatic carbocycles. The molecule has 1 rings (SSSR count). The third-order valence-corrected chi connectivity index (χ3v) is 4.22. The quantitative estimate of drug-likeness (QED) is 0.222. The van der Waals surface area contributed by atoms with E-state index >= 15 is 0 Å². The number of benzene rings is 1. The van der Waals surface area contributed by atoms with Crippen LogP contribution in [0.4, 0.5) is 11.4 Å². The predicted octanol–water partition coefficient (Wildman–Crippen LogP) is 3.14. The van der Waals surface area contributed by atoms with Crippen LogP contribution in [0.3, 0.4) is 0 Å². The second-order valence-corrected chi connectivity index (χ2v) is 7.28. The van der Waals surface area contributed by atoms with E-state index in [2.05, 4.69) is 24.5 Å². The molecule has 0 aromatic heterocycles. The summed E-state index contributed by atoms with van der Waals surface area (Å²) in [6.45, 7) is 6.54. The molecule has 0 aliphatic heterocycles. The molecule has 0 radical (unpaired) electrons. The minimum atomic E-state index is -0.809. The third kappa shape index (κ3) is 9.38. The minimum Gasteiger partial charge on any atom is -0.452 e.